The first-order chi connectivity index (χ1) is 9.60. The zero-order valence-corrected chi connectivity index (χ0v) is 12.4. The van der Waals surface area contributed by atoms with E-state index >= 15 is 0 Å². The van der Waals surface area contributed by atoms with Gasteiger partial charge in [0.25, 0.3) is 5.91 Å². The van der Waals surface area contributed by atoms with E-state index in [2.05, 4.69) is 16.8 Å². The van der Waals surface area contributed by atoms with Gasteiger partial charge in [-0.3, -0.25) is 14.7 Å². The van der Waals surface area contributed by atoms with E-state index in [1.807, 2.05) is 17.9 Å². The van der Waals surface area contributed by atoms with E-state index in [0.29, 0.717) is 5.92 Å². The van der Waals surface area contributed by atoms with Crippen LogP contribution < -0.4 is 5.73 Å². The molecule has 2 rings (SSSR count). The van der Waals surface area contributed by atoms with Gasteiger partial charge in [-0.1, -0.05) is 6.92 Å². The predicted molar refractivity (Wildman–Crippen MR) is 79.5 cm³/mol. The summed E-state index contributed by atoms with van der Waals surface area (Å²) >= 11 is 0. The first-order valence-corrected chi connectivity index (χ1v) is 7.24. The fourth-order valence-electron chi connectivity index (χ4n) is 2.51. The molecule has 1 aromatic heterocycles. The first kappa shape index (κ1) is 14.9. The SMILES string of the molecule is Cc1cc(C(=O)N2CCN(CC(C)CN)CC2)ccn1. The van der Waals surface area contributed by atoms with Crippen LogP contribution in [0.4, 0.5) is 0 Å². The van der Waals surface area contributed by atoms with Gasteiger partial charge in [0.1, 0.15) is 0 Å². The van der Waals surface area contributed by atoms with Gasteiger partial charge in [-0.2, -0.15) is 0 Å². The van der Waals surface area contributed by atoms with E-state index in [0.717, 1.165) is 50.5 Å². The highest BCUT2D eigenvalue weighted by Crippen LogP contribution is 2.10. The molecule has 20 heavy (non-hydrogen) atoms. The van der Waals surface area contributed by atoms with Gasteiger partial charge in [-0.15, -0.1) is 0 Å². The van der Waals surface area contributed by atoms with Crippen LogP contribution in [0.25, 0.3) is 0 Å². The number of carbonyl (C=O) groups excluding carboxylic acids is 1. The van der Waals surface area contributed by atoms with Crippen molar-refractivity contribution < 1.29 is 4.79 Å². The Kier molecular flexibility index (Phi) is 5.09. The molecule has 2 heterocycles. The number of nitrogens with zero attached hydrogens (tertiary/aromatic N) is 3. The third-order valence-electron chi connectivity index (χ3n) is 3.78. The number of rotatable bonds is 4. The van der Waals surface area contributed by atoms with Crippen molar-refractivity contribution in [2.75, 3.05) is 39.3 Å². The van der Waals surface area contributed by atoms with Gasteiger partial charge in [0.2, 0.25) is 0 Å². The molecular weight excluding hydrogens is 252 g/mol. The van der Waals surface area contributed by atoms with Crippen molar-refractivity contribution in [2.24, 2.45) is 11.7 Å². The summed E-state index contributed by atoms with van der Waals surface area (Å²) in [5.74, 6) is 0.627. The molecule has 0 spiro atoms. The van der Waals surface area contributed by atoms with E-state index in [1.54, 1.807) is 12.3 Å². The largest absolute Gasteiger partial charge is 0.336 e. The monoisotopic (exact) mass is 276 g/mol. The van der Waals surface area contributed by atoms with Crippen molar-refractivity contribution in [3.63, 3.8) is 0 Å². The molecule has 5 nitrogen and oxygen atoms in total. The third-order valence-corrected chi connectivity index (χ3v) is 3.78. The van der Waals surface area contributed by atoms with Gasteiger partial charge in [-0.05, 0) is 31.5 Å². The third kappa shape index (κ3) is 3.77. The van der Waals surface area contributed by atoms with Crippen molar-refractivity contribution in [3.8, 4) is 0 Å². The number of piperazine rings is 1. The number of hydrogen-bond donors (Lipinski definition) is 1. The highest BCUT2D eigenvalue weighted by Gasteiger charge is 2.22. The van der Waals surface area contributed by atoms with Gasteiger partial charge < -0.3 is 10.6 Å². The van der Waals surface area contributed by atoms with Crippen LogP contribution >= 0.6 is 0 Å². The topological polar surface area (TPSA) is 62.5 Å². The average molecular weight is 276 g/mol. The molecule has 1 aliphatic rings. The second-order valence-electron chi connectivity index (χ2n) is 5.62. The maximum Gasteiger partial charge on any atom is 0.254 e. The lowest BCUT2D eigenvalue weighted by molar-refractivity contribution is 0.0621. The normalized spacial score (nSPS) is 18.1. The van der Waals surface area contributed by atoms with Crippen LogP contribution in [-0.2, 0) is 0 Å². The van der Waals surface area contributed by atoms with E-state index < -0.39 is 0 Å². The fourth-order valence-corrected chi connectivity index (χ4v) is 2.51. The molecular formula is C15H24N4O. The Morgan fingerprint density at radius 1 is 1.40 bits per heavy atom. The average Bonchev–Trinajstić information content (AvgIpc) is 2.47. The maximum atomic E-state index is 12.4. The van der Waals surface area contributed by atoms with Crippen molar-refractivity contribution in [3.05, 3.63) is 29.6 Å². The minimum absolute atomic E-state index is 0.113. The fraction of sp³-hybridized carbons (Fsp3) is 0.600. The molecule has 1 aromatic rings. The molecule has 0 radical (unpaired) electrons. The van der Waals surface area contributed by atoms with E-state index in [4.69, 9.17) is 5.73 Å². The molecule has 0 aliphatic carbocycles. The van der Waals surface area contributed by atoms with Crippen molar-refractivity contribution >= 4 is 5.91 Å². The Morgan fingerprint density at radius 2 is 2.10 bits per heavy atom. The Morgan fingerprint density at radius 3 is 2.70 bits per heavy atom. The Hall–Kier alpha value is -1.46. The van der Waals surface area contributed by atoms with Crippen LogP contribution in [0.15, 0.2) is 18.3 Å². The molecule has 1 aliphatic heterocycles. The molecule has 0 aromatic carbocycles. The zero-order valence-electron chi connectivity index (χ0n) is 12.4. The Bertz CT molecular complexity index is 455. The lowest BCUT2D eigenvalue weighted by Gasteiger charge is -2.35. The number of hydrogen-bond acceptors (Lipinski definition) is 4. The van der Waals surface area contributed by atoms with Crippen molar-refractivity contribution in [2.45, 2.75) is 13.8 Å². The maximum absolute atomic E-state index is 12.4. The molecule has 1 saturated heterocycles. The van der Waals surface area contributed by atoms with Crippen LogP contribution in [0.5, 0.6) is 0 Å². The summed E-state index contributed by atoms with van der Waals surface area (Å²) in [7, 11) is 0. The number of aromatic nitrogens is 1. The van der Waals surface area contributed by atoms with E-state index in [9.17, 15) is 4.79 Å². The first-order valence-electron chi connectivity index (χ1n) is 7.24. The van der Waals surface area contributed by atoms with E-state index in [1.165, 1.54) is 0 Å². The lowest BCUT2D eigenvalue weighted by Crippen LogP contribution is -2.50. The van der Waals surface area contributed by atoms with Gasteiger partial charge in [0, 0.05) is 50.2 Å². The summed E-state index contributed by atoms with van der Waals surface area (Å²) < 4.78 is 0. The van der Waals surface area contributed by atoms with Crippen molar-refractivity contribution in [1.82, 2.24) is 14.8 Å². The quantitative estimate of drug-likeness (QED) is 0.881. The van der Waals surface area contributed by atoms with Crippen LogP contribution in [0.3, 0.4) is 0 Å². The number of nitrogens with two attached hydrogens (primary N) is 1. The predicted octanol–water partition coefficient (Wildman–Crippen LogP) is 0.743. The van der Waals surface area contributed by atoms with Crippen LogP contribution in [-0.4, -0.2) is 60.0 Å². The van der Waals surface area contributed by atoms with Gasteiger partial charge in [-0.25, -0.2) is 0 Å². The van der Waals surface area contributed by atoms with Gasteiger partial charge >= 0.3 is 0 Å². The number of carbonyl (C=O) groups is 1. The summed E-state index contributed by atoms with van der Waals surface area (Å²) in [6.07, 6.45) is 1.70. The van der Waals surface area contributed by atoms with Crippen LogP contribution in [0.2, 0.25) is 0 Å². The summed E-state index contributed by atoms with van der Waals surface area (Å²) in [5.41, 5.74) is 7.28. The van der Waals surface area contributed by atoms with Gasteiger partial charge in [0.05, 0.1) is 0 Å². The molecule has 1 amide bonds. The number of amides is 1. The Balaban J connectivity index is 1.89. The van der Waals surface area contributed by atoms with E-state index in [-0.39, 0.29) is 5.91 Å². The molecule has 1 atom stereocenters. The van der Waals surface area contributed by atoms with Gasteiger partial charge in [0.15, 0.2) is 0 Å². The molecule has 1 unspecified atom stereocenters. The second kappa shape index (κ2) is 6.81. The summed E-state index contributed by atoms with van der Waals surface area (Å²) in [5, 5.41) is 0. The van der Waals surface area contributed by atoms with Crippen LogP contribution in [0.1, 0.15) is 23.0 Å². The summed E-state index contributed by atoms with van der Waals surface area (Å²) in [4.78, 5) is 20.8. The second-order valence-corrected chi connectivity index (χ2v) is 5.62. The molecule has 5 heteroatoms. The smallest absolute Gasteiger partial charge is 0.254 e. The molecule has 1 fully saturated rings. The summed E-state index contributed by atoms with van der Waals surface area (Å²) in [6.45, 7) is 9.25. The highest BCUT2D eigenvalue weighted by molar-refractivity contribution is 5.94. The highest BCUT2D eigenvalue weighted by atomic mass is 16.2. The minimum Gasteiger partial charge on any atom is -0.336 e. The summed E-state index contributed by atoms with van der Waals surface area (Å²) in [6, 6.07) is 3.64. The molecule has 0 bridgehead atoms. The number of pyridine rings is 1. The minimum atomic E-state index is 0.113. The molecule has 110 valence electrons. The molecule has 0 saturated carbocycles. The van der Waals surface area contributed by atoms with Crippen molar-refractivity contribution in [1.29, 1.82) is 0 Å². The lowest BCUT2D eigenvalue weighted by atomic mass is 10.1. The standard InChI is InChI=1S/C15H24N4O/c1-12(10-16)11-18-5-7-19(8-6-18)15(20)14-3-4-17-13(2)9-14/h3-4,9,12H,5-8,10-11,16H2,1-2H3. The Labute approximate surface area is 120 Å². The number of aryl methyl sites for hydroxylation is 1. The zero-order chi connectivity index (χ0) is 14.5. The van der Waals surface area contributed by atoms with Crippen LogP contribution in [0, 0.1) is 12.8 Å². The molecule has 2 N–H and O–H groups in total.